The van der Waals surface area contributed by atoms with E-state index in [1.807, 2.05) is 54.7 Å². The van der Waals surface area contributed by atoms with E-state index < -0.39 is 25.5 Å². The first kappa shape index (κ1) is 32.9. The smallest absolute Gasteiger partial charge is 0 e. The van der Waals surface area contributed by atoms with Crippen LogP contribution in [0.2, 0.25) is 17.3 Å². The van der Waals surface area contributed by atoms with Gasteiger partial charge in [-0.1, -0.05) is 66.0 Å². The zero-order valence-electron chi connectivity index (χ0n) is 29.9. The van der Waals surface area contributed by atoms with E-state index >= 15 is 0 Å². The van der Waals surface area contributed by atoms with Gasteiger partial charge in [0, 0.05) is 33.7 Å². The van der Waals surface area contributed by atoms with Gasteiger partial charge in [0.1, 0.15) is 5.82 Å². The average molecular weight is 910 g/mol. The maximum Gasteiger partial charge on any atom is 0 e. The van der Waals surface area contributed by atoms with Gasteiger partial charge in [-0.2, -0.15) is 11.3 Å². The van der Waals surface area contributed by atoms with Crippen LogP contribution in [0.3, 0.4) is 0 Å². The number of thiophene rings is 1. The second kappa shape index (κ2) is 15.7. The fourth-order valence-electron chi connectivity index (χ4n) is 5.65. The Morgan fingerprint density at radius 3 is 2.26 bits per heavy atom. The Bertz CT molecular complexity index is 2450. The maximum atomic E-state index is 14.4. The Morgan fingerprint density at radius 2 is 1.52 bits per heavy atom. The normalized spacial score (nSPS) is 12.0. The van der Waals surface area contributed by atoms with E-state index in [0.29, 0.717) is 11.3 Å². The zero-order valence-corrected chi connectivity index (χ0v) is 33.2. The predicted octanol–water partition coefficient (Wildman–Crippen LogP) is 11.4. The van der Waals surface area contributed by atoms with Crippen molar-refractivity contribution < 1.29 is 27.2 Å². The quantitative estimate of drug-likeness (QED) is 0.123. The van der Waals surface area contributed by atoms with Gasteiger partial charge < -0.3 is 4.98 Å². The molecule has 5 aromatic carbocycles. The van der Waals surface area contributed by atoms with Crippen LogP contribution >= 0.6 is 11.3 Å². The van der Waals surface area contributed by atoms with Gasteiger partial charge in [0.15, 0.2) is 0 Å². The van der Waals surface area contributed by atoms with Gasteiger partial charge in [-0.3, -0.25) is 0 Å². The van der Waals surface area contributed by atoms with Crippen LogP contribution < -0.4 is 4.40 Å². The number of aromatic nitrogens is 2. The summed E-state index contributed by atoms with van der Waals surface area (Å²) in [5.74, 6) is 6.57. The topological polar surface area (TPSA) is 25.8 Å². The number of nitrogens with zero attached hydrogens (tertiary/aromatic N) is 2. The fourth-order valence-corrected chi connectivity index (χ4v) is 9.02. The third kappa shape index (κ3) is 8.03. The van der Waals surface area contributed by atoms with Crippen LogP contribution in [0.25, 0.3) is 53.8 Å². The first-order valence-corrected chi connectivity index (χ1v) is 24.3. The molecule has 50 heavy (non-hydrogen) atoms. The molecule has 0 saturated carbocycles. The largest absolute Gasteiger partial charge is 0 e. The molecule has 0 aliphatic heterocycles. The fraction of sp³-hybridized carbons (Fsp3) is 0.0909. The Kier molecular flexibility index (Phi) is 10.4. The molecule has 6 heteroatoms. The summed E-state index contributed by atoms with van der Waals surface area (Å²) in [6.07, 6.45) is 1.62. The van der Waals surface area contributed by atoms with Gasteiger partial charge in [0.25, 0.3) is 0 Å². The summed E-state index contributed by atoms with van der Waals surface area (Å²) in [6, 6.07) is 48.8. The Hall–Kier alpha value is -4.26. The second-order valence-electron chi connectivity index (χ2n) is 12.8. The minimum atomic E-state index is -2.00. The molecule has 0 aliphatic carbocycles. The molecule has 2 nitrogen and oxygen atoms in total. The van der Waals surface area contributed by atoms with Gasteiger partial charge in [-0.15, -0.1) is 23.8 Å². The number of halogens is 1. The van der Waals surface area contributed by atoms with E-state index in [2.05, 4.69) is 87.9 Å². The molecular weight excluding hydrogens is 872 g/mol. The van der Waals surface area contributed by atoms with Gasteiger partial charge in [-0.05, 0) is 68.7 Å². The van der Waals surface area contributed by atoms with E-state index in [1.54, 1.807) is 41.8 Å². The minimum absolute atomic E-state index is 0. The van der Waals surface area contributed by atoms with Crippen LogP contribution in [0.4, 0.5) is 4.39 Å². The molecule has 0 saturated heterocycles. The Morgan fingerprint density at radius 1 is 0.720 bits per heavy atom. The van der Waals surface area contributed by atoms with Crippen molar-refractivity contribution in [3.63, 3.8) is 0 Å². The second-order valence-corrected chi connectivity index (χ2v) is 24.5. The van der Waals surface area contributed by atoms with Crippen molar-refractivity contribution in [1.29, 1.82) is 0 Å². The molecule has 0 spiro atoms. The number of hydrogen-bond acceptors (Lipinski definition) is 3. The van der Waals surface area contributed by atoms with Crippen molar-refractivity contribution in [2.75, 3.05) is 0 Å². The van der Waals surface area contributed by atoms with Crippen molar-refractivity contribution in [3.05, 3.63) is 175 Å². The van der Waals surface area contributed by atoms with Crippen LogP contribution in [-0.4, -0.2) is 23.2 Å². The zero-order chi connectivity index (χ0) is 35.6. The number of pyridine rings is 2. The van der Waals surface area contributed by atoms with Gasteiger partial charge in [-0.25, -0.2) is 4.39 Å². The Balaban J connectivity index is 0.000000230. The summed E-state index contributed by atoms with van der Waals surface area (Å²) in [7, 11) is 0. The monoisotopic (exact) mass is 911 g/mol. The van der Waals surface area contributed by atoms with Crippen molar-refractivity contribution in [2.45, 2.75) is 23.6 Å². The van der Waals surface area contributed by atoms with Crippen molar-refractivity contribution in [2.24, 2.45) is 0 Å². The molecule has 0 bridgehead atoms. The molecule has 0 N–H and O–H groups in total. The van der Waals surface area contributed by atoms with Crippen LogP contribution in [0.15, 0.2) is 146 Å². The molecule has 3 aromatic heterocycles. The third-order valence-corrected chi connectivity index (χ3v) is 13.8. The molecule has 0 fully saturated rings. The van der Waals surface area contributed by atoms with Crippen LogP contribution in [-0.2, 0) is 26.5 Å². The summed E-state index contributed by atoms with van der Waals surface area (Å²) in [5.41, 5.74) is 6.19. The first-order valence-electron chi connectivity index (χ1n) is 17.2. The van der Waals surface area contributed by atoms with E-state index in [1.165, 1.54) is 32.2 Å². The first-order chi connectivity index (χ1) is 24.6. The third-order valence-electron chi connectivity index (χ3n) is 8.32. The number of hydrogen-bond donors (Lipinski definition) is 0. The van der Waals surface area contributed by atoms with Gasteiger partial charge >= 0.3 is 99.8 Å². The van der Waals surface area contributed by atoms with Gasteiger partial charge in [0.2, 0.25) is 0 Å². The maximum absolute atomic E-state index is 14.4. The molecule has 0 unspecified atom stereocenters. The molecule has 8 aromatic rings. The van der Waals surface area contributed by atoms with Crippen LogP contribution in [0.1, 0.15) is 13.9 Å². The van der Waals surface area contributed by atoms with Crippen LogP contribution in [0, 0.1) is 17.9 Å². The van der Waals surface area contributed by atoms with E-state index in [-0.39, 0.29) is 25.7 Å². The van der Waals surface area contributed by atoms with Crippen molar-refractivity contribution >= 4 is 49.2 Å². The summed E-state index contributed by atoms with van der Waals surface area (Å²) in [6.45, 7) is 0. The van der Waals surface area contributed by atoms with E-state index in [0.717, 1.165) is 32.5 Å². The van der Waals surface area contributed by atoms with E-state index in [4.69, 9.17) is 2.74 Å². The molecule has 0 atom stereocenters. The van der Waals surface area contributed by atoms with Gasteiger partial charge in [0.05, 0.1) is 0 Å². The molecule has 249 valence electrons. The van der Waals surface area contributed by atoms with E-state index in [9.17, 15) is 4.39 Å². The molecule has 3 heterocycles. The SMILES string of the molecule is [2H]C([2H])(c1ccnc(-c2[c-]ccc3c2sc2ccc(-c4ccccc4)cc23)c1)c1ccccc1F.[CH3][Ge]([CH3])([CH3])[c]1ccc(-c2[c-]cccc2)nc1.[Ir]. The summed E-state index contributed by atoms with van der Waals surface area (Å²) in [4.78, 5) is 9.07. The summed E-state index contributed by atoms with van der Waals surface area (Å²) in [5, 5.41) is 2.28. The standard InChI is InChI=1S/C30H19FNS.C14H16GeN.Ir/c31-27-12-5-4-9-23(27)17-20-15-16-32-28(18-20)25-11-6-10-24-26-19-22(21-7-2-1-3-8-21)13-14-29(26)33-30(24)25;1-15(2,3)13-9-10-14(16-11-13)12-7-5-4-6-8-12;/h1-10,12-16,18-19H,17H2;4-7,9-11H,1-3H3;/q2*-1;/i17D2;;. The summed E-state index contributed by atoms with van der Waals surface area (Å²) < 4.78 is 35.4. The molecule has 0 amide bonds. The number of fused-ring (bicyclic) bond motifs is 3. The van der Waals surface area contributed by atoms with Crippen LogP contribution in [0.5, 0.6) is 0 Å². The minimum Gasteiger partial charge on any atom is 0 e. The van der Waals surface area contributed by atoms with Crippen molar-refractivity contribution in [1.82, 2.24) is 9.97 Å². The molecule has 8 rings (SSSR count). The molecular formula is C44H35FGeIrN2S-2. The molecule has 1 radical (unpaired) electrons. The average Bonchev–Trinajstić information content (AvgIpc) is 3.54. The summed E-state index contributed by atoms with van der Waals surface area (Å²) >= 11 is -0.0417. The molecule has 0 aliphatic rings. The predicted molar refractivity (Wildman–Crippen MR) is 208 cm³/mol. The number of benzene rings is 5. The number of rotatable bonds is 6. The Labute approximate surface area is 316 Å². The van der Waals surface area contributed by atoms with Crippen molar-refractivity contribution in [3.8, 4) is 33.6 Å².